The number of benzene rings is 2. The van der Waals surface area contributed by atoms with Gasteiger partial charge >= 0.3 is 0 Å². The molecule has 4 rings (SSSR count). The molecule has 2 heterocycles. The molecule has 1 amide bonds. The molecule has 0 bridgehead atoms. The Kier molecular flexibility index (Phi) is 7.01. The van der Waals surface area contributed by atoms with Gasteiger partial charge in [-0.25, -0.2) is 15.0 Å². The zero-order valence-corrected chi connectivity index (χ0v) is 19.5. The van der Waals surface area contributed by atoms with Crippen LogP contribution in [0.3, 0.4) is 0 Å². The van der Waals surface area contributed by atoms with Gasteiger partial charge in [-0.1, -0.05) is 65.5 Å². The van der Waals surface area contributed by atoms with E-state index in [9.17, 15) is 4.79 Å². The predicted octanol–water partition coefficient (Wildman–Crippen LogP) is 6.25. The molecule has 2 aromatic carbocycles. The second-order valence-electron chi connectivity index (χ2n) is 6.79. The van der Waals surface area contributed by atoms with Crippen molar-refractivity contribution in [2.75, 3.05) is 5.32 Å². The number of aromatic nitrogens is 3. The number of anilines is 1. The summed E-state index contributed by atoms with van der Waals surface area (Å²) in [6.45, 7) is 4.13. The zero-order valence-electron chi connectivity index (χ0n) is 17.0. The van der Waals surface area contributed by atoms with Crippen LogP contribution in [0.4, 0.5) is 5.13 Å². The van der Waals surface area contributed by atoms with Crippen LogP contribution in [0.15, 0.2) is 81.3 Å². The monoisotopic (exact) mass is 464 g/mol. The van der Waals surface area contributed by atoms with E-state index in [2.05, 4.69) is 39.3 Å². The summed E-state index contributed by atoms with van der Waals surface area (Å²) >= 11 is 4.37. The van der Waals surface area contributed by atoms with Crippen LogP contribution in [0, 0.1) is 13.8 Å². The first kappa shape index (κ1) is 21.5. The van der Waals surface area contributed by atoms with Gasteiger partial charge in [0.2, 0.25) is 0 Å². The van der Waals surface area contributed by atoms with Gasteiger partial charge in [0.05, 0.1) is 4.90 Å². The molecule has 0 spiro atoms. The standard InChI is InChI=1S/C23H20N4OS3/c1-15-7-9-18(10-8-15)31-19-13-25-23(30-14-17-6-4-3-5-16(17)2)26-20(19)21(28)27-22-24-11-12-29-22/h3-13H,14H2,1-2H3,(H,24,27,28). The summed E-state index contributed by atoms with van der Waals surface area (Å²) in [6, 6.07) is 16.4. The lowest BCUT2D eigenvalue weighted by atomic mass is 10.1. The highest BCUT2D eigenvalue weighted by molar-refractivity contribution is 7.99. The Hall–Kier alpha value is -2.68. The van der Waals surface area contributed by atoms with E-state index in [1.165, 1.54) is 51.6 Å². The van der Waals surface area contributed by atoms with Gasteiger partial charge in [0, 0.05) is 28.4 Å². The van der Waals surface area contributed by atoms with Gasteiger partial charge in [-0.05, 0) is 37.1 Å². The fraction of sp³-hybridized carbons (Fsp3) is 0.130. The Labute approximate surface area is 193 Å². The fourth-order valence-corrected chi connectivity index (χ4v) is 5.03. The first-order valence-electron chi connectivity index (χ1n) is 9.58. The molecule has 8 heteroatoms. The number of amides is 1. The van der Waals surface area contributed by atoms with Crippen LogP contribution in [0.2, 0.25) is 0 Å². The summed E-state index contributed by atoms with van der Waals surface area (Å²) in [5.41, 5.74) is 3.99. The molecule has 0 atom stereocenters. The van der Waals surface area contributed by atoms with Crippen LogP contribution in [0.25, 0.3) is 0 Å². The maximum Gasteiger partial charge on any atom is 0.277 e. The van der Waals surface area contributed by atoms with Crippen LogP contribution in [-0.2, 0) is 5.75 Å². The lowest BCUT2D eigenvalue weighted by Crippen LogP contribution is -2.15. The number of thioether (sulfide) groups is 1. The van der Waals surface area contributed by atoms with Gasteiger partial charge in [0.15, 0.2) is 10.3 Å². The van der Waals surface area contributed by atoms with E-state index in [1.807, 2.05) is 48.7 Å². The van der Waals surface area contributed by atoms with Crippen molar-refractivity contribution in [2.24, 2.45) is 0 Å². The first-order chi connectivity index (χ1) is 15.1. The summed E-state index contributed by atoms with van der Waals surface area (Å²) in [7, 11) is 0. The molecule has 1 N–H and O–H groups in total. The van der Waals surface area contributed by atoms with E-state index in [-0.39, 0.29) is 5.91 Å². The minimum atomic E-state index is -0.287. The zero-order chi connectivity index (χ0) is 21.6. The van der Waals surface area contributed by atoms with Crippen LogP contribution >= 0.6 is 34.9 Å². The molecule has 4 aromatic rings. The number of aryl methyl sites for hydroxylation is 2. The average molecular weight is 465 g/mol. The Morgan fingerprint density at radius 2 is 1.87 bits per heavy atom. The number of thiazole rings is 1. The van der Waals surface area contributed by atoms with Crippen molar-refractivity contribution in [3.05, 3.63) is 88.7 Å². The Bertz CT molecular complexity index is 1180. The van der Waals surface area contributed by atoms with Gasteiger partial charge in [0.1, 0.15) is 5.69 Å². The minimum absolute atomic E-state index is 0.287. The van der Waals surface area contributed by atoms with E-state index in [1.54, 1.807) is 12.4 Å². The minimum Gasteiger partial charge on any atom is -0.296 e. The summed E-state index contributed by atoms with van der Waals surface area (Å²) < 4.78 is 0. The molecule has 0 unspecified atom stereocenters. The molecule has 0 aliphatic rings. The van der Waals surface area contributed by atoms with Gasteiger partial charge in [0.25, 0.3) is 5.91 Å². The Morgan fingerprint density at radius 1 is 1.06 bits per heavy atom. The van der Waals surface area contributed by atoms with E-state index in [0.29, 0.717) is 20.9 Å². The highest BCUT2D eigenvalue weighted by atomic mass is 32.2. The first-order valence-corrected chi connectivity index (χ1v) is 12.3. The third-order valence-corrected chi connectivity index (χ3v) is 7.09. The normalized spacial score (nSPS) is 10.8. The Morgan fingerprint density at radius 3 is 2.61 bits per heavy atom. The third-order valence-electron chi connectivity index (χ3n) is 4.47. The molecule has 0 aliphatic carbocycles. The van der Waals surface area contributed by atoms with Crippen LogP contribution in [-0.4, -0.2) is 20.9 Å². The third kappa shape index (κ3) is 5.72. The number of carbonyl (C=O) groups is 1. The molecular formula is C23H20N4OS3. The lowest BCUT2D eigenvalue weighted by molar-refractivity contribution is 0.101. The van der Waals surface area contributed by atoms with Gasteiger partial charge in [-0.15, -0.1) is 11.3 Å². The van der Waals surface area contributed by atoms with Crippen molar-refractivity contribution in [3.63, 3.8) is 0 Å². The van der Waals surface area contributed by atoms with Crippen LogP contribution < -0.4 is 5.32 Å². The number of carbonyl (C=O) groups excluding carboxylic acids is 1. The van der Waals surface area contributed by atoms with E-state index in [4.69, 9.17) is 0 Å². The van der Waals surface area contributed by atoms with E-state index < -0.39 is 0 Å². The molecule has 31 heavy (non-hydrogen) atoms. The largest absolute Gasteiger partial charge is 0.296 e. The SMILES string of the molecule is Cc1ccc(Sc2cnc(SCc3ccccc3C)nc2C(=O)Nc2nccs2)cc1. The average Bonchev–Trinajstić information content (AvgIpc) is 3.28. The lowest BCUT2D eigenvalue weighted by Gasteiger charge is -2.10. The number of nitrogens with one attached hydrogen (secondary N) is 1. The molecule has 0 saturated heterocycles. The van der Waals surface area contributed by atoms with Crippen molar-refractivity contribution in [2.45, 2.75) is 34.5 Å². The number of hydrogen-bond acceptors (Lipinski definition) is 7. The number of rotatable bonds is 7. The van der Waals surface area contributed by atoms with Crippen molar-refractivity contribution < 1.29 is 4.79 Å². The molecule has 0 radical (unpaired) electrons. The highest BCUT2D eigenvalue weighted by Crippen LogP contribution is 2.32. The molecular weight excluding hydrogens is 444 g/mol. The van der Waals surface area contributed by atoms with E-state index in [0.717, 1.165) is 10.6 Å². The molecule has 0 aliphatic heterocycles. The van der Waals surface area contributed by atoms with Crippen LogP contribution in [0.1, 0.15) is 27.2 Å². The summed E-state index contributed by atoms with van der Waals surface area (Å²) in [6.07, 6.45) is 3.39. The summed E-state index contributed by atoms with van der Waals surface area (Å²) in [4.78, 5) is 28.0. The van der Waals surface area contributed by atoms with Crippen LogP contribution in [0.5, 0.6) is 0 Å². The maximum atomic E-state index is 13.0. The van der Waals surface area contributed by atoms with Crippen molar-refractivity contribution in [1.82, 2.24) is 15.0 Å². The second kappa shape index (κ2) is 10.1. The van der Waals surface area contributed by atoms with Gasteiger partial charge in [-0.3, -0.25) is 10.1 Å². The molecule has 5 nitrogen and oxygen atoms in total. The van der Waals surface area contributed by atoms with Gasteiger partial charge in [-0.2, -0.15) is 0 Å². The topological polar surface area (TPSA) is 67.8 Å². The highest BCUT2D eigenvalue weighted by Gasteiger charge is 2.18. The second-order valence-corrected chi connectivity index (χ2v) is 9.74. The molecule has 156 valence electrons. The quantitative estimate of drug-likeness (QED) is 0.258. The van der Waals surface area contributed by atoms with Gasteiger partial charge < -0.3 is 0 Å². The van der Waals surface area contributed by atoms with E-state index >= 15 is 0 Å². The van der Waals surface area contributed by atoms with Crippen molar-refractivity contribution in [1.29, 1.82) is 0 Å². The number of hydrogen-bond donors (Lipinski definition) is 1. The maximum absolute atomic E-state index is 13.0. The molecule has 2 aromatic heterocycles. The van der Waals surface area contributed by atoms with Crippen molar-refractivity contribution >= 4 is 45.9 Å². The predicted molar refractivity (Wildman–Crippen MR) is 128 cm³/mol. The molecule has 0 fully saturated rings. The Balaban J connectivity index is 1.59. The smallest absolute Gasteiger partial charge is 0.277 e. The fourth-order valence-electron chi connectivity index (χ4n) is 2.75. The summed E-state index contributed by atoms with van der Waals surface area (Å²) in [5.74, 6) is 0.453. The summed E-state index contributed by atoms with van der Waals surface area (Å²) in [5, 5.41) is 5.78. The number of nitrogens with zero attached hydrogens (tertiary/aromatic N) is 3. The van der Waals surface area contributed by atoms with Crippen molar-refractivity contribution in [3.8, 4) is 0 Å². The molecule has 0 saturated carbocycles.